The van der Waals surface area contributed by atoms with Crippen molar-refractivity contribution in [3.05, 3.63) is 24.3 Å². The summed E-state index contributed by atoms with van der Waals surface area (Å²) in [6.07, 6.45) is 0. The van der Waals surface area contributed by atoms with Gasteiger partial charge >= 0.3 is 0 Å². The van der Waals surface area contributed by atoms with E-state index < -0.39 is 0 Å². The second-order valence-corrected chi connectivity index (χ2v) is 1.85. The van der Waals surface area contributed by atoms with E-state index in [1.165, 1.54) is 0 Å². The van der Waals surface area contributed by atoms with Crippen LogP contribution >= 0.6 is 0 Å². The summed E-state index contributed by atoms with van der Waals surface area (Å²) in [6, 6.07) is 7.39. The summed E-state index contributed by atoms with van der Waals surface area (Å²) in [5.74, 6) is 0.734. The quantitative estimate of drug-likeness (QED) is 0.485. The van der Waals surface area contributed by atoms with E-state index >= 15 is 0 Å². The van der Waals surface area contributed by atoms with E-state index in [1.54, 1.807) is 13.2 Å². The maximum atomic E-state index is 8.36. The molecule has 0 atom stereocenters. The summed E-state index contributed by atoms with van der Waals surface area (Å²) in [4.78, 5) is 8.36. The summed E-state index contributed by atoms with van der Waals surface area (Å²) in [5, 5.41) is 6.89. The van der Waals surface area contributed by atoms with E-state index in [2.05, 4.69) is 0 Å². The molecule has 0 aliphatic rings. The van der Waals surface area contributed by atoms with Crippen molar-refractivity contribution in [3.8, 4) is 5.75 Å². The number of methoxy groups -OCH3 is 1. The average molecular weight is 169 g/mol. The van der Waals surface area contributed by atoms with E-state index in [0.29, 0.717) is 5.69 Å². The molecule has 0 aromatic heterocycles. The molecule has 0 aliphatic heterocycles. The van der Waals surface area contributed by atoms with E-state index in [1.807, 2.05) is 18.2 Å². The Balaban J connectivity index is 0.000000354. The normalized spacial score (nSPS) is 7.75. The van der Waals surface area contributed by atoms with Gasteiger partial charge in [0.25, 0.3) is 6.47 Å². The van der Waals surface area contributed by atoms with Crippen LogP contribution in [0, 0.1) is 0 Å². The number of carbonyl (C=O) groups is 1. The van der Waals surface area contributed by atoms with Gasteiger partial charge < -0.3 is 15.6 Å². The molecule has 3 N–H and O–H groups in total. The number of para-hydroxylation sites is 2. The Hall–Kier alpha value is -1.71. The van der Waals surface area contributed by atoms with Gasteiger partial charge in [-0.3, -0.25) is 4.79 Å². The molecule has 0 bridgehead atoms. The van der Waals surface area contributed by atoms with Crippen LogP contribution in [0.3, 0.4) is 0 Å². The SMILES string of the molecule is COc1ccccc1N.O=CO. The zero-order valence-electron chi connectivity index (χ0n) is 6.73. The predicted octanol–water partition coefficient (Wildman–Crippen LogP) is 0.978. The van der Waals surface area contributed by atoms with Gasteiger partial charge in [-0.15, -0.1) is 0 Å². The van der Waals surface area contributed by atoms with Crippen LogP contribution in [0.4, 0.5) is 5.69 Å². The first-order chi connectivity index (χ1) is 5.76. The number of ether oxygens (including phenoxy) is 1. The van der Waals surface area contributed by atoms with Gasteiger partial charge in [0.15, 0.2) is 0 Å². The Morgan fingerprint density at radius 2 is 2.00 bits per heavy atom. The Morgan fingerprint density at radius 1 is 1.50 bits per heavy atom. The molecule has 4 nitrogen and oxygen atoms in total. The Kier molecular flexibility index (Phi) is 5.17. The summed E-state index contributed by atoms with van der Waals surface area (Å²) in [7, 11) is 1.60. The van der Waals surface area contributed by atoms with Gasteiger partial charge in [-0.1, -0.05) is 12.1 Å². The van der Waals surface area contributed by atoms with Gasteiger partial charge in [0, 0.05) is 0 Å². The second kappa shape index (κ2) is 6.03. The van der Waals surface area contributed by atoms with Gasteiger partial charge in [-0.05, 0) is 12.1 Å². The molecular weight excluding hydrogens is 158 g/mol. The van der Waals surface area contributed by atoms with Crippen molar-refractivity contribution in [2.45, 2.75) is 0 Å². The van der Waals surface area contributed by atoms with E-state index in [-0.39, 0.29) is 6.47 Å². The van der Waals surface area contributed by atoms with Crippen molar-refractivity contribution in [2.75, 3.05) is 12.8 Å². The van der Waals surface area contributed by atoms with Gasteiger partial charge in [-0.25, -0.2) is 0 Å². The molecule has 12 heavy (non-hydrogen) atoms. The molecule has 0 heterocycles. The molecule has 4 heteroatoms. The Morgan fingerprint density at radius 3 is 2.33 bits per heavy atom. The fourth-order valence-corrected chi connectivity index (χ4v) is 0.666. The maximum Gasteiger partial charge on any atom is 0.290 e. The molecular formula is C8H11NO3. The van der Waals surface area contributed by atoms with Crippen LogP contribution in [-0.4, -0.2) is 18.7 Å². The van der Waals surface area contributed by atoms with Crippen LogP contribution in [0.25, 0.3) is 0 Å². The minimum Gasteiger partial charge on any atom is -0.495 e. The Bertz CT molecular complexity index is 237. The van der Waals surface area contributed by atoms with E-state index in [0.717, 1.165) is 5.75 Å². The summed E-state index contributed by atoms with van der Waals surface area (Å²) >= 11 is 0. The van der Waals surface area contributed by atoms with Crippen LogP contribution < -0.4 is 10.5 Å². The lowest BCUT2D eigenvalue weighted by Crippen LogP contribution is -1.89. The molecule has 0 amide bonds. The lowest BCUT2D eigenvalue weighted by molar-refractivity contribution is -0.122. The molecule has 0 fully saturated rings. The van der Waals surface area contributed by atoms with Gasteiger partial charge in [0.2, 0.25) is 0 Å². The van der Waals surface area contributed by atoms with Crippen LogP contribution in [0.5, 0.6) is 5.75 Å². The number of carboxylic acid groups (broad SMARTS) is 1. The molecule has 0 radical (unpaired) electrons. The molecule has 0 aliphatic carbocycles. The zero-order valence-corrected chi connectivity index (χ0v) is 6.73. The summed E-state index contributed by atoms with van der Waals surface area (Å²) < 4.78 is 4.92. The lowest BCUT2D eigenvalue weighted by atomic mass is 10.3. The molecule has 0 unspecified atom stereocenters. The fourth-order valence-electron chi connectivity index (χ4n) is 0.666. The highest BCUT2D eigenvalue weighted by Gasteiger charge is 1.91. The highest BCUT2D eigenvalue weighted by atomic mass is 16.5. The van der Waals surface area contributed by atoms with Crippen LogP contribution in [0.2, 0.25) is 0 Å². The molecule has 0 saturated carbocycles. The van der Waals surface area contributed by atoms with E-state index in [4.69, 9.17) is 20.4 Å². The average Bonchev–Trinajstić information content (AvgIpc) is 2.07. The third kappa shape index (κ3) is 3.46. The number of rotatable bonds is 1. The summed E-state index contributed by atoms with van der Waals surface area (Å²) in [6.45, 7) is -0.250. The minimum atomic E-state index is -0.250. The van der Waals surface area contributed by atoms with Gasteiger partial charge in [0.1, 0.15) is 5.75 Å². The van der Waals surface area contributed by atoms with Gasteiger partial charge in [0.05, 0.1) is 12.8 Å². The minimum absolute atomic E-state index is 0.250. The lowest BCUT2D eigenvalue weighted by Gasteiger charge is -2.00. The molecule has 1 rings (SSSR count). The van der Waals surface area contributed by atoms with Gasteiger partial charge in [-0.2, -0.15) is 0 Å². The zero-order chi connectivity index (χ0) is 9.40. The van der Waals surface area contributed by atoms with Crippen LogP contribution in [0.1, 0.15) is 0 Å². The number of hydrogen-bond donors (Lipinski definition) is 2. The monoisotopic (exact) mass is 169 g/mol. The van der Waals surface area contributed by atoms with Crippen molar-refractivity contribution in [1.29, 1.82) is 0 Å². The first kappa shape index (κ1) is 10.3. The topological polar surface area (TPSA) is 72.5 Å². The number of anilines is 1. The van der Waals surface area contributed by atoms with Crippen molar-refractivity contribution in [3.63, 3.8) is 0 Å². The van der Waals surface area contributed by atoms with Crippen LogP contribution in [0.15, 0.2) is 24.3 Å². The molecule has 1 aromatic carbocycles. The van der Waals surface area contributed by atoms with E-state index in [9.17, 15) is 0 Å². The van der Waals surface area contributed by atoms with Crippen molar-refractivity contribution < 1.29 is 14.6 Å². The van der Waals surface area contributed by atoms with Crippen LogP contribution in [-0.2, 0) is 4.79 Å². The fraction of sp³-hybridized carbons (Fsp3) is 0.125. The number of hydrogen-bond acceptors (Lipinski definition) is 3. The van der Waals surface area contributed by atoms with Crippen molar-refractivity contribution in [1.82, 2.24) is 0 Å². The number of benzene rings is 1. The Labute approximate surface area is 70.6 Å². The van der Waals surface area contributed by atoms with Crippen molar-refractivity contribution in [2.24, 2.45) is 0 Å². The third-order valence-corrected chi connectivity index (χ3v) is 1.14. The first-order valence-corrected chi connectivity index (χ1v) is 3.22. The number of nitrogen functional groups attached to an aromatic ring is 1. The first-order valence-electron chi connectivity index (χ1n) is 3.22. The highest BCUT2D eigenvalue weighted by Crippen LogP contribution is 2.18. The molecule has 1 aromatic rings. The summed E-state index contributed by atoms with van der Waals surface area (Å²) in [5.41, 5.74) is 6.19. The second-order valence-electron chi connectivity index (χ2n) is 1.85. The maximum absolute atomic E-state index is 8.36. The smallest absolute Gasteiger partial charge is 0.290 e. The molecule has 0 saturated heterocycles. The molecule has 0 spiro atoms. The van der Waals surface area contributed by atoms with Crippen molar-refractivity contribution >= 4 is 12.2 Å². The highest BCUT2D eigenvalue weighted by molar-refractivity contribution is 5.51. The largest absolute Gasteiger partial charge is 0.495 e. The third-order valence-electron chi connectivity index (χ3n) is 1.14. The molecule has 66 valence electrons. The number of nitrogens with two attached hydrogens (primary N) is 1. The predicted molar refractivity (Wildman–Crippen MR) is 46.1 cm³/mol. The standard InChI is InChI=1S/C7H9NO.CH2O2/c1-9-7-5-3-2-4-6(7)8;2-1-3/h2-5H,8H2,1H3;1H,(H,2,3).